The van der Waals surface area contributed by atoms with Crippen LogP contribution in [0.3, 0.4) is 0 Å². The number of fused-ring (bicyclic) bond motifs is 1. The van der Waals surface area contributed by atoms with E-state index in [2.05, 4.69) is 0 Å². The van der Waals surface area contributed by atoms with Crippen LogP contribution in [0.15, 0.2) is 66.7 Å². The zero-order valence-corrected chi connectivity index (χ0v) is 16.3. The van der Waals surface area contributed by atoms with Crippen LogP contribution in [0.1, 0.15) is 36.1 Å². The molecule has 0 fully saturated rings. The van der Waals surface area contributed by atoms with Crippen LogP contribution >= 0.6 is 12.4 Å². The van der Waals surface area contributed by atoms with E-state index in [1.165, 1.54) is 17.2 Å². The number of hydroxylamine groups is 2. The van der Waals surface area contributed by atoms with E-state index in [4.69, 9.17) is 0 Å². The van der Waals surface area contributed by atoms with Gasteiger partial charge >= 0.3 is 6.18 Å². The first-order valence-corrected chi connectivity index (χ1v) is 8.95. The summed E-state index contributed by atoms with van der Waals surface area (Å²) >= 11 is 0. The summed E-state index contributed by atoms with van der Waals surface area (Å²) < 4.78 is 38.4. The van der Waals surface area contributed by atoms with E-state index >= 15 is 0 Å². The molecule has 0 heterocycles. The van der Waals surface area contributed by atoms with Crippen LogP contribution in [0.2, 0.25) is 0 Å². The predicted molar refractivity (Wildman–Crippen MR) is 108 cm³/mol. The van der Waals surface area contributed by atoms with Gasteiger partial charge in [0.2, 0.25) is 0 Å². The number of rotatable bonds is 6. The molecule has 0 radical (unpaired) electrons. The molecule has 2 nitrogen and oxygen atoms in total. The van der Waals surface area contributed by atoms with Crippen molar-refractivity contribution in [3.63, 3.8) is 0 Å². The minimum Gasteiger partial charge on any atom is -0.313 e. The van der Waals surface area contributed by atoms with Gasteiger partial charge in [-0.1, -0.05) is 60.7 Å². The number of halogens is 4. The molecule has 3 rings (SSSR count). The molecule has 1 atom stereocenters. The lowest BCUT2D eigenvalue weighted by atomic mass is 9.99. The van der Waals surface area contributed by atoms with Gasteiger partial charge in [0.1, 0.15) is 0 Å². The highest BCUT2D eigenvalue weighted by atomic mass is 35.5. The molecule has 1 N–H and O–H groups in total. The summed E-state index contributed by atoms with van der Waals surface area (Å²) in [6.45, 7) is 2.30. The van der Waals surface area contributed by atoms with Gasteiger partial charge in [-0.3, -0.25) is 0 Å². The van der Waals surface area contributed by atoms with Gasteiger partial charge in [-0.2, -0.15) is 18.2 Å². The summed E-state index contributed by atoms with van der Waals surface area (Å²) in [6, 6.07) is 19.1. The molecule has 0 aliphatic rings. The first-order valence-electron chi connectivity index (χ1n) is 8.95. The van der Waals surface area contributed by atoms with Gasteiger partial charge in [-0.15, -0.1) is 12.4 Å². The molecule has 0 aliphatic carbocycles. The van der Waals surface area contributed by atoms with Crippen molar-refractivity contribution < 1.29 is 18.4 Å². The van der Waals surface area contributed by atoms with Gasteiger partial charge in [0, 0.05) is 6.54 Å². The molecule has 28 heavy (non-hydrogen) atoms. The molecule has 3 aromatic carbocycles. The van der Waals surface area contributed by atoms with Crippen molar-refractivity contribution in [2.75, 3.05) is 6.54 Å². The molecule has 0 saturated heterocycles. The van der Waals surface area contributed by atoms with E-state index in [-0.39, 0.29) is 18.4 Å². The van der Waals surface area contributed by atoms with E-state index in [9.17, 15) is 18.4 Å². The number of hydrogen-bond acceptors (Lipinski definition) is 2. The molecular weight excluding hydrogens is 387 g/mol. The Kier molecular flexibility index (Phi) is 7.47. The van der Waals surface area contributed by atoms with Crippen molar-refractivity contribution in [2.24, 2.45) is 0 Å². The molecule has 0 aromatic heterocycles. The van der Waals surface area contributed by atoms with Crippen LogP contribution in [-0.4, -0.2) is 16.8 Å². The summed E-state index contributed by atoms with van der Waals surface area (Å²) in [7, 11) is 0. The van der Waals surface area contributed by atoms with Crippen LogP contribution in [0.4, 0.5) is 13.2 Å². The highest BCUT2D eigenvalue weighted by molar-refractivity contribution is 5.86. The number of alkyl halides is 3. The first kappa shape index (κ1) is 22.2. The average molecular weight is 410 g/mol. The monoisotopic (exact) mass is 409 g/mol. The molecule has 0 amide bonds. The van der Waals surface area contributed by atoms with Gasteiger partial charge in [0.05, 0.1) is 11.6 Å². The minimum atomic E-state index is -4.33. The summed E-state index contributed by atoms with van der Waals surface area (Å²) in [5, 5.41) is 13.9. The maximum atomic E-state index is 12.8. The second-order valence-corrected chi connectivity index (χ2v) is 6.71. The van der Waals surface area contributed by atoms with E-state index in [0.717, 1.165) is 22.4 Å². The van der Waals surface area contributed by atoms with Crippen LogP contribution in [-0.2, 0) is 12.6 Å². The average Bonchev–Trinajstić information content (AvgIpc) is 2.66. The molecule has 0 spiro atoms. The Balaban J connectivity index is 0.00000280. The van der Waals surface area contributed by atoms with Gasteiger partial charge in [-0.25, -0.2) is 0 Å². The summed E-state index contributed by atoms with van der Waals surface area (Å²) in [5.74, 6) is 0. The van der Waals surface area contributed by atoms with Gasteiger partial charge < -0.3 is 5.21 Å². The molecule has 0 unspecified atom stereocenters. The smallest absolute Gasteiger partial charge is 0.313 e. The largest absolute Gasteiger partial charge is 0.416 e. The normalized spacial score (nSPS) is 12.8. The topological polar surface area (TPSA) is 23.5 Å². The lowest BCUT2D eigenvalue weighted by molar-refractivity contribution is -0.137. The van der Waals surface area contributed by atoms with E-state index in [1.54, 1.807) is 6.07 Å². The third-order valence-electron chi connectivity index (χ3n) is 4.83. The number of nitrogens with zero attached hydrogens (tertiary/aromatic N) is 1. The second kappa shape index (κ2) is 9.41. The third-order valence-corrected chi connectivity index (χ3v) is 4.83. The molecular formula is C22H23ClF3NO. The molecule has 6 heteroatoms. The Morgan fingerprint density at radius 2 is 1.64 bits per heavy atom. The van der Waals surface area contributed by atoms with Crippen molar-refractivity contribution in [3.05, 3.63) is 83.4 Å². The fourth-order valence-corrected chi connectivity index (χ4v) is 3.32. The van der Waals surface area contributed by atoms with Crippen molar-refractivity contribution in [1.29, 1.82) is 0 Å². The molecule has 0 bridgehead atoms. The van der Waals surface area contributed by atoms with Gasteiger partial charge in [0.25, 0.3) is 0 Å². The third kappa shape index (κ3) is 5.25. The standard InChI is InChI=1S/C22H22F3NO.ClH/c1-16(20-13-5-10-18-9-2-3-12-21(18)20)26(27)14-6-8-17-7-4-11-19(15-17)22(23,24)25;/h2-5,7,9-13,15-16,27H,6,8,14H2,1H3;1H/t16-;/m1./s1. The van der Waals surface area contributed by atoms with Crippen molar-refractivity contribution in [2.45, 2.75) is 32.0 Å². The highest BCUT2D eigenvalue weighted by Crippen LogP contribution is 2.30. The quantitative estimate of drug-likeness (QED) is 0.460. The molecule has 3 aromatic rings. The Morgan fingerprint density at radius 1 is 0.964 bits per heavy atom. The minimum absolute atomic E-state index is 0. The van der Waals surface area contributed by atoms with E-state index in [1.807, 2.05) is 49.4 Å². The van der Waals surface area contributed by atoms with Crippen LogP contribution in [0.25, 0.3) is 10.8 Å². The zero-order valence-electron chi connectivity index (χ0n) is 15.5. The Hall–Kier alpha value is -2.08. The maximum Gasteiger partial charge on any atom is 0.416 e. The second-order valence-electron chi connectivity index (χ2n) is 6.71. The van der Waals surface area contributed by atoms with Crippen molar-refractivity contribution in [3.8, 4) is 0 Å². The summed E-state index contributed by atoms with van der Waals surface area (Å²) in [4.78, 5) is 0. The fourth-order valence-electron chi connectivity index (χ4n) is 3.32. The Bertz CT molecular complexity index is 908. The summed E-state index contributed by atoms with van der Waals surface area (Å²) in [5.41, 5.74) is 1.01. The summed E-state index contributed by atoms with van der Waals surface area (Å²) in [6.07, 6.45) is -3.29. The Labute approximate surface area is 169 Å². The van der Waals surface area contributed by atoms with E-state index in [0.29, 0.717) is 24.9 Å². The van der Waals surface area contributed by atoms with Crippen LogP contribution < -0.4 is 0 Å². The van der Waals surface area contributed by atoms with Gasteiger partial charge in [0.15, 0.2) is 0 Å². The Morgan fingerprint density at radius 3 is 2.39 bits per heavy atom. The number of hydrogen-bond donors (Lipinski definition) is 1. The fraction of sp³-hybridized carbons (Fsp3) is 0.273. The lowest BCUT2D eigenvalue weighted by Crippen LogP contribution is -2.24. The number of benzene rings is 3. The highest BCUT2D eigenvalue weighted by Gasteiger charge is 2.30. The van der Waals surface area contributed by atoms with Crippen LogP contribution in [0, 0.1) is 0 Å². The first-order chi connectivity index (χ1) is 12.9. The van der Waals surface area contributed by atoms with Crippen molar-refractivity contribution >= 4 is 23.2 Å². The zero-order chi connectivity index (χ0) is 19.4. The lowest BCUT2D eigenvalue weighted by Gasteiger charge is -2.24. The van der Waals surface area contributed by atoms with Crippen LogP contribution in [0.5, 0.6) is 0 Å². The SMILES string of the molecule is C[C@H](c1cccc2ccccc12)N(O)CCCc1cccc(C(F)(F)F)c1.Cl. The van der Waals surface area contributed by atoms with Gasteiger partial charge in [-0.05, 0) is 47.7 Å². The molecule has 150 valence electrons. The molecule has 0 saturated carbocycles. The van der Waals surface area contributed by atoms with E-state index < -0.39 is 11.7 Å². The maximum absolute atomic E-state index is 12.8. The number of aryl methyl sites for hydroxylation is 1. The van der Waals surface area contributed by atoms with Crippen molar-refractivity contribution in [1.82, 2.24) is 5.06 Å². The predicted octanol–water partition coefficient (Wildman–Crippen LogP) is 6.67. The molecule has 0 aliphatic heterocycles.